The summed E-state index contributed by atoms with van der Waals surface area (Å²) in [5.74, 6) is 0.0510. The molecule has 1 fully saturated rings. The van der Waals surface area contributed by atoms with Gasteiger partial charge in [0.2, 0.25) is 5.91 Å². The van der Waals surface area contributed by atoms with Crippen LogP contribution < -0.4 is 5.32 Å². The number of aromatic nitrogens is 1. The summed E-state index contributed by atoms with van der Waals surface area (Å²) in [6.07, 6.45) is 1.03. The van der Waals surface area contributed by atoms with Crippen LogP contribution in [-0.4, -0.2) is 52.9 Å². The van der Waals surface area contributed by atoms with Crippen molar-refractivity contribution in [3.05, 3.63) is 57.9 Å². The highest BCUT2D eigenvalue weighted by atomic mass is 35.5. The summed E-state index contributed by atoms with van der Waals surface area (Å²) >= 11 is 9.19. The van der Waals surface area contributed by atoms with E-state index in [4.69, 9.17) is 11.6 Å². The van der Waals surface area contributed by atoms with Gasteiger partial charge in [0, 0.05) is 42.3 Å². The van der Waals surface area contributed by atoms with Crippen LogP contribution in [0.4, 0.5) is 10.5 Å². The molecule has 1 N–H and O–H groups in total. The highest BCUT2D eigenvalue weighted by molar-refractivity contribution is 7.20. The Balaban J connectivity index is 1.31. The fourth-order valence-corrected chi connectivity index (χ4v) is 5.13. The maximum Gasteiger partial charge on any atom is 0.321 e. The number of hydrogen-bond acceptors (Lipinski definition) is 5. The van der Waals surface area contributed by atoms with Crippen molar-refractivity contribution in [3.8, 4) is 9.88 Å². The molecule has 0 aliphatic carbocycles. The number of halogens is 1. The SMILES string of the molecule is O=C(Cc1csc(-c2cccs2)n1)N1CCCN(C(=O)Nc2cccc(Cl)c2)CC1. The van der Waals surface area contributed by atoms with Crippen molar-refractivity contribution in [1.82, 2.24) is 14.8 Å². The number of carbonyl (C=O) groups is 2. The Morgan fingerprint density at radius 2 is 1.90 bits per heavy atom. The van der Waals surface area contributed by atoms with Crippen molar-refractivity contribution in [2.24, 2.45) is 0 Å². The molecule has 156 valence electrons. The third kappa shape index (κ3) is 5.19. The molecule has 1 aliphatic heterocycles. The molecule has 1 aliphatic rings. The Kier molecular flexibility index (Phi) is 6.66. The van der Waals surface area contributed by atoms with Crippen LogP contribution in [0.15, 0.2) is 47.2 Å². The molecule has 1 saturated heterocycles. The summed E-state index contributed by atoms with van der Waals surface area (Å²) < 4.78 is 0. The van der Waals surface area contributed by atoms with Gasteiger partial charge in [-0.2, -0.15) is 0 Å². The molecule has 0 bridgehead atoms. The Hall–Kier alpha value is -2.42. The summed E-state index contributed by atoms with van der Waals surface area (Å²) in [6.45, 7) is 2.26. The van der Waals surface area contributed by atoms with Gasteiger partial charge in [0.05, 0.1) is 17.0 Å². The molecule has 0 spiro atoms. The quantitative estimate of drug-likeness (QED) is 0.606. The second kappa shape index (κ2) is 9.59. The van der Waals surface area contributed by atoms with Gasteiger partial charge in [0.1, 0.15) is 5.01 Å². The molecule has 3 heterocycles. The third-order valence-electron chi connectivity index (χ3n) is 4.83. The van der Waals surface area contributed by atoms with E-state index in [1.165, 1.54) is 0 Å². The maximum atomic E-state index is 12.8. The second-order valence-electron chi connectivity index (χ2n) is 6.96. The number of rotatable bonds is 4. The van der Waals surface area contributed by atoms with E-state index in [1.807, 2.05) is 27.8 Å². The van der Waals surface area contributed by atoms with Crippen LogP contribution in [0.2, 0.25) is 5.02 Å². The zero-order chi connectivity index (χ0) is 20.9. The van der Waals surface area contributed by atoms with Crippen molar-refractivity contribution in [3.63, 3.8) is 0 Å². The fourth-order valence-electron chi connectivity index (χ4n) is 3.31. The summed E-state index contributed by atoms with van der Waals surface area (Å²) in [7, 11) is 0. The molecule has 0 radical (unpaired) electrons. The van der Waals surface area contributed by atoms with Crippen molar-refractivity contribution in [2.45, 2.75) is 12.8 Å². The van der Waals surface area contributed by atoms with Crippen LogP contribution in [0.5, 0.6) is 0 Å². The van der Waals surface area contributed by atoms with E-state index >= 15 is 0 Å². The highest BCUT2D eigenvalue weighted by Gasteiger charge is 2.23. The van der Waals surface area contributed by atoms with E-state index in [2.05, 4.69) is 10.3 Å². The number of benzene rings is 1. The minimum atomic E-state index is -0.174. The largest absolute Gasteiger partial charge is 0.341 e. The van der Waals surface area contributed by atoms with Crippen molar-refractivity contribution >= 4 is 51.9 Å². The first kappa shape index (κ1) is 20.8. The van der Waals surface area contributed by atoms with Crippen LogP contribution >= 0.6 is 34.3 Å². The van der Waals surface area contributed by atoms with Gasteiger partial charge in [-0.25, -0.2) is 9.78 Å². The number of thiophene rings is 1. The van der Waals surface area contributed by atoms with Gasteiger partial charge in [-0.05, 0) is 36.1 Å². The maximum absolute atomic E-state index is 12.8. The molecule has 9 heteroatoms. The number of thiazole rings is 1. The molecule has 0 unspecified atom stereocenters. The number of anilines is 1. The highest BCUT2D eigenvalue weighted by Crippen LogP contribution is 2.28. The molecular weight excluding hydrogens is 440 g/mol. The van der Waals surface area contributed by atoms with Gasteiger partial charge in [-0.3, -0.25) is 4.79 Å². The Bertz CT molecular complexity index is 1020. The predicted molar refractivity (Wildman–Crippen MR) is 122 cm³/mol. The van der Waals surface area contributed by atoms with E-state index in [-0.39, 0.29) is 18.4 Å². The molecule has 3 amide bonds. The topological polar surface area (TPSA) is 65.5 Å². The summed E-state index contributed by atoms with van der Waals surface area (Å²) in [4.78, 5) is 34.7. The molecule has 30 heavy (non-hydrogen) atoms. The monoisotopic (exact) mass is 460 g/mol. The molecular formula is C21H21ClN4O2S2. The van der Waals surface area contributed by atoms with E-state index in [0.717, 1.165) is 22.0 Å². The predicted octanol–water partition coefficient (Wildman–Crippen LogP) is 4.83. The zero-order valence-corrected chi connectivity index (χ0v) is 18.6. The van der Waals surface area contributed by atoms with E-state index in [9.17, 15) is 9.59 Å². The Labute approximate surface area is 188 Å². The first-order valence-corrected chi connectivity index (χ1v) is 11.8. The average Bonchev–Trinajstić information content (AvgIpc) is 3.35. The van der Waals surface area contributed by atoms with Gasteiger partial charge in [0.15, 0.2) is 0 Å². The molecule has 2 aromatic heterocycles. The first-order chi connectivity index (χ1) is 14.6. The number of amides is 3. The van der Waals surface area contributed by atoms with Crippen molar-refractivity contribution < 1.29 is 9.59 Å². The van der Waals surface area contributed by atoms with E-state index in [0.29, 0.717) is 36.9 Å². The van der Waals surface area contributed by atoms with Gasteiger partial charge in [0.25, 0.3) is 0 Å². The van der Waals surface area contributed by atoms with Crippen molar-refractivity contribution in [2.75, 3.05) is 31.5 Å². The third-order valence-corrected chi connectivity index (χ3v) is 6.99. The molecule has 0 saturated carbocycles. The normalized spacial score (nSPS) is 14.4. The molecule has 0 atom stereocenters. The minimum absolute atomic E-state index is 0.0510. The second-order valence-corrected chi connectivity index (χ2v) is 9.20. The average molecular weight is 461 g/mol. The summed E-state index contributed by atoms with van der Waals surface area (Å²) in [5, 5.41) is 8.37. The Morgan fingerprint density at radius 3 is 2.70 bits per heavy atom. The standard InChI is InChI=1S/C21H21ClN4O2S2/c22-15-4-1-5-16(12-15)24-21(28)26-8-3-7-25(9-10-26)19(27)13-17-14-30-20(23-17)18-6-2-11-29-18/h1-2,4-6,11-12,14H,3,7-10,13H2,(H,24,28). The minimum Gasteiger partial charge on any atom is -0.341 e. The lowest BCUT2D eigenvalue weighted by molar-refractivity contribution is -0.130. The van der Waals surface area contributed by atoms with E-state index in [1.54, 1.807) is 51.8 Å². The van der Waals surface area contributed by atoms with Crippen molar-refractivity contribution in [1.29, 1.82) is 0 Å². The number of carbonyl (C=O) groups excluding carboxylic acids is 2. The first-order valence-electron chi connectivity index (χ1n) is 9.66. The van der Waals surface area contributed by atoms with E-state index < -0.39 is 0 Å². The lowest BCUT2D eigenvalue weighted by Gasteiger charge is -2.22. The number of hydrogen-bond donors (Lipinski definition) is 1. The lowest BCUT2D eigenvalue weighted by Crippen LogP contribution is -2.39. The summed E-state index contributed by atoms with van der Waals surface area (Å²) in [6, 6.07) is 10.9. The van der Waals surface area contributed by atoms with Crippen LogP contribution in [0.3, 0.4) is 0 Å². The van der Waals surface area contributed by atoms with Gasteiger partial charge in [-0.15, -0.1) is 22.7 Å². The number of urea groups is 1. The molecule has 1 aromatic carbocycles. The van der Waals surface area contributed by atoms with Crippen LogP contribution in [0.25, 0.3) is 9.88 Å². The molecule has 6 nitrogen and oxygen atoms in total. The van der Waals surface area contributed by atoms with Gasteiger partial charge in [-0.1, -0.05) is 23.7 Å². The smallest absolute Gasteiger partial charge is 0.321 e. The summed E-state index contributed by atoms with van der Waals surface area (Å²) in [5.41, 5.74) is 1.46. The molecule has 4 rings (SSSR count). The lowest BCUT2D eigenvalue weighted by atomic mass is 10.3. The molecule has 3 aromatic rings. The Morgan fingerprint density at radius 1 is 1.07 bits per heavy atom. The van der Waals surface area contributed by atoms with Crippen LogP contribution in [0.1, 0.15) is 12.1 Å². The van der Waals surface area contributed by atoms with Gasteiger partial charge >= 0.3 is 6.03 Å². The zero-order valence-electron chi connectivity index (χ0n) is 16.2. The van der Waals surface area contributed by atoms with Crippen LogP contribution in [0, 0.1) is 0 Å². The van der Waals surface area contributed by atoms with Crippen LogP contribution in [-0.2, 0) is 11.2 Å². The number of nitrogens with one attached hydrogen (secondary N) is 1. The van der Waals surface area contributed by atoms with Gasteiger partial charge < -0.3 is 15.1 Å². The fraction of sp³-hybridized carbons (Fsp3) is 0.286. The number of nitrogens with zero attached hydrogens (tertiary/aromatic N) is 3.